The van der Waals surface area contributed by atoms with E-state index < -0.39 is 18.4 Å². The molecule has 11 nitrogen and oxygen atoms in total. The highest BCUT2D eigenvalue weighted by atomic mass is 19.3. The maximum atomic E-state index is 13.6. The molecule has 1 aliphatic rings. The number of pyridine rings is 2. The van der Waals surface area contributed by atoms with Crippen molar-refractivity contribution >= 4 is 11.4 Å². The molecule has 0 fully saturated rings. The van der Waals surface area contributed by atoms with Gasteiger partial charge in [0.1, 0.15) is 17.5 Å². The lowest BCUT2D eigenvalue weighted by atomic mass is 9.99. The SMILES string of the molecule is COc1ccc(-c2nnc(C(=O)N3CCc4[nH]cnc4[C@@H]3c3cc4c(C(F)F)cccn4n3)o2)nc1. The number of fused-ring (bicyclic) bond motifs is 2. The molecule has 13 heteroatoms. The fourth-order valence-electron chi connectivity index (χ4n) is 4.33. The van der Waals surface area contributed by atoms with Gasteiger partial charge < -0.3 is 19.0 Å². The number of methoxy groups -OCH3 is 1. The van der Waals surface area contributed by atoms with Gasteiger partial charge in [-0.2, -0.15) is 5.10 Å². The van der Waals surface area contributed by atoms with Crippen LogP contribution in [0.1, 0.15) is 45.8 Å². The number of nitrogens with zero attached hydrogens (tertiary/aromatic N) is 7. The van der Waals surface area contributed by atoms with Crippen molar-refractivity contribution in [3.05, 3.63) is 77.6 Å². The molecule has 0 saturated heterocycles. The number of hydrogen-bond acceptors (Lipinski definition) is 8. The van der Waals surface area contributed by atoms with Crippen LogP contribution in [0.4, 0.5) is 8.78 Å². The quantitative estimate of drug-likeness (QED) is 0.396. The van der Waals surface area contributed by atoms with Crippen LogP contribution in [0.2, 0.25) is 0 Å². The molecule has 36 heavy (non-hydrogen) atoms. The third kappa shape index (κ3) is 3.56. The third-order valence-electron chi connectivity index (χ3n) is 6.05. The van der Waals surface area contributed by atoms with Crippen LogP contribution in [-0.2, 0) is 6.42 Å². The largest absolute Gasteiger partial charge is 0.495 e. The number of ether oxygens (including phenoxy) is 1. The van der Waals surface area contributed by atoms with E-state index in [1.165, 1.54) is 41.2 Å². The number of aromatic nitrogens is 7. The fourth-order valence-corrected chi connectivity index (χ4v) is 4.33. The summed E-state index contributed by atoms with van der Waals surface area (Å²) in [7, 11) is 1.53. The van der Waals surface area contributed by atoms with Crippen LogP contribution in [-0.4, -0.2) is 59.2 Å². The van der Waals surface area contributed by atoms with Gasteiger partial charge in [0.25, 0.3) is 12.3 Å². The van der Waals surface area contributed by atoms with Gasteiger partial charge in [-0.3, -0.25) is 4.79 Å². The van der Waals surface area contributed by atoms with Gasteiger partial charge >= 0.3 is 11.8 Å². The summed E-state index contributed by atoms with van der Waals surface area (Å²) in [6, 6.07) is 6.98. The van der Waals surface area contributed by atoms with E-state index in [9.17, 15) is 13.6 Å². The summed E-state index contributed by atoms with van der Waals surface area (Å²) in [5.41, 5.74) is 2.29. The minimum absolute atomic E-state index is 0.0735. The van der Waals surface area contributed by atoms with E-state index in [2.05, 4.69) is 30.2 Å². The molecule has 1 atom stereocenters. The minimum atomic E-state index is -2.67. The Hall–Kier alpha value is -4.68. The molecule has 0 radical (unpaired) electrons. The average molecular weight is 492 g/mol. The number of amides is 1. The summed E-state index contributed by atoms with van der Waals surface area (Å²) in [5.74, 6) is -0.136. The van der Waals surface area contributed by atoms with Crippen molar-refractivity contribution in [1.82, 2.24) is 39.7 Å². The molecule has 5 aromatic heterocycles. The lowest BCUT2D eigenvalue weighted by Crippen LogP contribution is -2.41. The molecule has 1 aliphatic heterocycles. The highest BCUT2D eigenvalue weighted by Gasteiger charge is 2.38. The first kappa shape index (κ1) is 21.8. The molecule has 1 N–H and O–H groups in total. The molecular formula is C23H18F2N8O3. The molecule has 0 unspecified atom stereocenters. The average Bonchev–Trinajstić information content (AvgIpc) is 3.66. The summed E-state index contributed by atoms with van der Waals surface area (Å²) in [5, 5.41) is 12.4. The zero-order valence-electron chi connectivity index (χ0n) is 18.8. The molecule has 5 aromatic rings. The van der Waals surface area contributed by atoms with Gasteiger partial charge in [-0.1, -0.05) is 0 Å². The zero-order chi connectivity index (χ0) is 24.8. The number of hydrogen-bond donors (Lipinski definition) is 1. The van der Waals surface area contributed by atoms with Crippen LogP contribution in [0.25, 0.3) is 17.1 Å². The number of imidazole rings is 1. The molecule has 1 amide bonds. The second-order valence-electron chi connectivity index (χ2n) is 8.08. The maximum absolute atomic E-state index is 13.6. The molecule has 0 aliphatic carbocycles. The summed E-state index contributed by atoms with van der Waals surface area (Å²) in [6.45, 7) is 0.298. The Morgan fingerprint density at radius 1 is 1.25 bits per heavy atom. The fraction of sp³-hybridized carbons (Fsp3) is 0.217. The number of rotatable bonds is 5. The van der Waals surface area contributed by atoms with E-state index in [0.717, 1.165) is 5.69 Å². The minimum Gasteiger partial charge on any atom is -0.495 e. The number of H-pyrrole nitrogens is 1. The Labute approximate surface area is 201 Å². The normalized spacial score (nSPS) is 15.4. The smallest absolute Gasteiger partial charge is 0.312 e. The van der Waals surface area contributed by atoms with E-state index in [1.54, 1.807) is 24.4 Å². The maximum Gasteiger partial charge on any atom is 0.312 e. The summed E-state index contributed by atoms with van der Waals surface area (Å²) in [6.07, 6.45) is 2.45. The molecule has 6 rings (SSSR count). The highest BCUT2D eigenvalue weighted by molar-refractivity contribution is 5.90. The van der Waals surface area contributed by atoms with E-state index in [4.69, 9.17) is 9.15 Å². The molecule has 0 saturated carbocycles. The van der Waals surface area contributed by atoms with Crippen LogP contribution < -0.4 is 4.74 Å². The van der Waals surface area contributed by atoms with Crippen molar-refractivity contribution in [3.63, 3.8) is 0 Å². The van der Waals surface area contributed by atoms with Gasteiger partial charge in [0.2, 0.25) is 0 Å². The predicted molar refractivity (Wildman–Crippen MR) is 119 cm³/mol. The number of nitrogens with one attached hydrogen (secondary N) is 1. The van der Waals surface area contributed by atoms with Gasteiger partial charge in [0.05, 0.1) is 36.5 Å². The highest BCUT2D eigenvalue weighted by Crippen LogP contribution is 2.35. The van der Waals surface area contributed by atoms with Crippen LogP contribution in [0.5, 0.6) is 5.75 Å². The van der Waals surface area contributed by atoms with Crippen molar-refractivity contribution in [1.29, 1.82) is 0 Å². The van der Waals surface area contributed by atoms with Crippen LogP contribution >= 0.6 is 0 Å². The van der Waals surface area contributed by atoms with Gasteiger partial charge in [0, 0.05) is 30.4 Å². The van der Waals surface area contributed by atoms with Crippen molar-refractivity contribution in [2.24, 2.45) is 0 Å². The second-order valence-corrected chi connectivity index (χ2v) is 8.08. The first-order valence-electron chi connectivity index (χ1n) is 11.0. The molecule has 182 valence electrons. The first-order valence-corrected chi connectivity index (χ1v) is 11.0. The van der Waals surface area contributed by atoms with Crippen molar-refractivity contribution < 1.29 is 22.7 Å². The number of carbonyl (C=O) groups is 1. The Morgan fingerprint density at radius 3 is 2.92 bits per heavy atom. The van der Waals surface area contributed by atoms with Crippen molar-refractivity contribution in [2.75, 3.05) is 13.7 Å². The number of alkyl halides is 2. The topological polar surface area (TPSA) is 127 Å². The van der Waals surface area contributed by atoms with Gasteiger partial charge in [-0.05, 0) is 30.3 Å². The lowest BCUT2D eigenvalue weighted by molar-refractivity contribution is 0.0646. The van der Waals surface area contributed by atoms with Gasteiger partial charge in [0.15, 0.2) is 0 Å². The number of halogens is 2. The third-order valence-corrected chi connectivity index (χ3v) is 6.05. The number of aromatic amines is 1. The molecule has 0 aromatic carbocycles. The van der Waals surface area contributed by atoms with Crippen LogP contribution in [0, 0.1) is 0 Å². The zero-order valence-corrected chi connectivity index (χ0v) is 18.8. The number of carbonyl (C=O) groups excluding carboxylic acids is 1. The summed E-state index contributed by atoms with van der Waals surface area (Å²) >= 11 is 0. The summed E-state index contributed by atoms with van der Waals surface area (Å²) in [4.78, 5) is 26.7. The molecular weight excluding hydrogens is 474 g/mol. The Kier molecular flexibility index (Phi) is 5.16. The van der Waals surface area contributed by atoms with E-state index in [1.807, 2.05) is 0 Å². The monoisotopic (exact) mass is 492 g/mol. The standard InChI is InChI=1S/C23H18F2N8O3/c1-35-12-4-5-15(26-10-12)21-29-30-22(36-21)23(34)32-8-6-14-18(28-11-27-14)19(32)16-9-17-13(20(24)25)3-2-7-33(17)31-16/h2-5,7,9-11,19-20H,6,8H2,1H3,(H,27,28)/t19-/m0/s1. The second kappa shape index (κ2) is 8.52. The van der Waals surface area contributed by atoms with Gasteiger partial charge in [-0.25, -0.2) is 23.3 Å². The Balaban J connectivity index is 1.38. The molecule has 0 spiro atoms. The van der Waals surface area contributed by atoms with Crippen LogP contribution in [0.3, 0.4) is 0 Å². The van der Waals surface area contributed by atoms with Crippen molar-refractivity contribution in [3.8, 4) is 17.3 Å². The Morgan fingerprint density at radius 2 is 2.14 bits per heavy atom. The first-order chi connectivity index (χ1) is 17.5. The van der Waals surface area contributed by atoms with E-state index >= 15 is 0 Å². The van der Waals surface area contributed by atoms with Crippen molar-refractivity contribution in [2.45, 2.75) is 18.9 Å². The van der Waals surface area contributed by atoms with E-state index in [0.29, 0.717) is 35.8 Å². The van der Waals surface area contributed by atoms with Gasteiger partial charge in [-0.15, -0.1) is 10.2 Å². The lowest BCUT2D eigenvalue weighted by Gasteiger charge is -2.32. The van der Waals surface area contributed by atoms with E-state index in [-0.39, 0.29) is 22.9 Å². The van der Waals surface area contributed by atoms with Crippen LogP contribution in [0.15, 0.2) is 53.5 Å². The molecule has 0 bridgehead atoms. The molecule has 6 heterocycles. The Bertz CT molecular complexity index is 1560. The summed E-state index contributed by atoms with van der Waals surface area (Å²) < 4.78 is 39.3. The predicted octanol–water partition coefficient (Wildman–Crippen LogP) is 3.24.